The van der Waals surface area contributed by atoms with E-state index in [4.69, 9.17) is 16.9 Å². The first-order chi connectivity index (χ1) is 12.1. The highest BCUT2D eigenvalue weighted by atomic mass is 35.5. The van der Waals surface area contributed by atoms with E-state index in [1.807, 2.05) is 18.2 Å². The van der Waals surface area contributed by atoms with Crippen molar-refractivity contribution in [3.05, 3.63) is 77.2 Å². The number of anilines is 3. The number of nitrogens with one attached hydrogen (secondary N) is 2. The van der Waals surface area contributed by atoms with Crippen LogP contribution in [0.5, 0.6) is 0 Å². The van der Waals surface area contributed by atoms with Crippen LogP contribution in [-0.2, 0) is 0 Å². The third kappa shape index (κ3) is 4.31. The molecule has 3 aromatic rings. The zero-order chi connectivity index (χ0) is 17.6. The highest BCUT2D eigenvalue weighted by Gasteiger charge is 2.09. The van der Waals surface area contributed by atoms with Gasteiger partial charge >= 0.3 is 0 Å². The second kappa shape index (κ2) is 7.43. The quantitative estimate of drug-likeness (QED) is 0.743. The molecule has 3 rings (SSSR count). The van der Waals surface area contributed by atoms with Gasteiger partial charge in [0.2, 0.25) is 0 Å². The molecule has 0 fully saturated rings. The molecule has 7 heteroatoms. The first-order valence-electron chi connectivity index (χ1n) is 7.30. The fourth-order valence-electron chi connectivity index (χ4n) is 2.09. The van der Waals surface area contributed by atoms with Crippen LogP contribution in [0.25, 0.3) is 0 Å². The summed E-state index contributed by atoms with van der Waals surface area (Å²) in [5.74, 6) is 0.0854. The molecule has 0 spiro atoms. The second-order valence-electron chi connectivity index (χ2n) is 5.07. The lowest BCUT2D eigenvalue weighted by molar-refractivity contribution is 0.102. The van der Waals surface area contributed by atoms with Gasteiger partial charge in [-0.2, -0.15) is 5.26 Å². The molecule has 2 aromatic carbocycles. The van der Waals surface area contributed by atoms with E-state index in [1.54, 1.807) is 36.4 Å². The van der Waals surface area contributed by atoms with Crippen molar-refractivity contribution < 1.29 is 4.79 Å². The third-order valence-corrected chi connectivity index (χ3v) is 3.47. The van der Waals surface area contributed by atoms with Crippen molar-refractivity contribution in [1.82, 2.24) is 9.97 Å². The van der Waals surface area contributed by atoms with Crippen molar-refractivity contribution in [3.63, 3.8) is 0 Å². The van der Waals surface area contributed by atoms with E-state index in [9.17, 15) is 4.79 Å². The first-order valence-corrected chi connectivity index (χ1v) is 7.68. The average molecular weight is 350 g/mol. The van der Waals surface area contributed by atoms with Gasteiger partial charge in [-0.05, 0) is 36.4 Å². The standard InChI is InChI=1S/C18H12ClN5O/c19-13-4-2-6-15(8-13)23-17-11-21-16(10-22-17)18(25)24-14-5-1-3-12(7-14)9-20/h1-8,10-11H,(H,22,23)(H,24,25). The average Bonchev–Trinajstić information content (AvgIpc) is 2.62. The van der Waals surface area contributed by atoms with Gasteiger partial charge in [0.15, 0.2) is 0 Å². The van der Waals surface area contributed by atoms with E-state index in [0.717, 1.165) is 5.69 Å². The summed E-state index contributed by atoms with van der Waals surface area (Å²) >= 11 is 5.93. The minimum Gasteiger partial charge on any atom is -0.339 e. The molecular formula is C18H12ClN5O. The molecule has 6 nitrogen and oxygen atoms in total. The number of aromatic nitrogens is 2. The molecular weight excluding hydrogens is 338 g/mol. The third-order valence-electron chi connectivity index (χ3n) is 3.23. The van der Waals surface area contributed by atoms with Crippen LogP contribution in [0.4, 0.5) is 17.2 Å². The zero-order valence-corrected chi connectivity index (χ0v) is 13.7. The summed E-state index contributed by atoms with van der Waals surface area (Å²) in [5.41, 5.74) is 1.92. The highest BCUT2D eigenvalue weighted by Crippen LogP contribution is 2.18. The SMILES string of the molecule is N#Cc1cccc(NC(=O)c2cnc(Nc3cccc(Cl)c3)cn2)c1. The second-order valence-corrected chi connectivity index (χ2v) is 5.51. The number of amides is 1. The Kier molecular flexibility index (Phi) is 4.88. The van der Waals surface area contributed by atoms with Crippen LogP contribution in [0.2, 0.25) is 5.02 Å². The monoisotopic (exact) mass is 349 g/mol. The van der Waals surface area contributed by atoms with Crippen LogP contribution >= 0.6 is 11.6 Å². The number of halogens is 1. The van der Waals surface area contributed by atoms with Gasteiger partial charge in [-0.3, -0.25) is 4.79 Å². The maximum absolute atomic E-state index is 12.2. The molecule has 2 N–H and O–H groups in total. The van der Waals surface area contributed by atoms with E-state index in [2.05, 4.69) is 20.6 Å². The minimum atomic E-state index is -0.406. The molecule has 0 radical (unpaired) electrons. The molecule has 25 heavy (non-hydrogen) atoms. The van der Waals surface area contributed by atoms with Crippen molar-refractivity contribution in [2.24, 2.45) is 0 Å². The van der Waals surface area contributed by atoms with Gasteiger partial charge in [-0.1, -0.05) is 23.7 Å². The van der Waals surface area contributed by atoms with Gasteiger partial charge in [-0.15, -0.1) is 0 Å². The van der Waals surface area contributed by atoms with Crippen molar-refractivity contribution in [2.45, 2.75) is 0 Å². The molecule has 0 aliphatic carbocycles. The molecule has 0 saturated heterocycles. The number of benzene rings is 2. The van der Waals surface area contributed by atoms with Gasteiger partial charge in [-0.25, -0.2) is 9.97 Å². The number of hydrogen-bond acceptors (Lipinski definition) is 5. The van der Waals surface area contributed by atoms with E-state index >= 15 is 0 Å². The van der Waals surface area contributed by atoms with Crippen molar-refractivity contribution in [3.8, 4) is 6.07 Å². The van der Waals surface area contributed by atoms with E-state index < -0.39 is 5.91 Å². The number of nitrogens with zero attached hydrogens (tertiary/aromatic N) is 3. The largest absolute Gasteiger partial charge is 0.339 e. The lowest BCUT2D eigenvalue weighted by Gasteiger charge is -2.07. The lowest BCUT2D eigenvalue weighted by Crippen LogP contribution is -2.14. The summed E-state index contributed by atoms with van der Waals surface area (Å²) < 4.78 is 0. The molecule has 0 aliphatic heterocycles. The Bertz CT molecular complexity index is 950. The van der Waals surface area contributed by atoms with Crippen molar-refractivity contribution in [1.29, 1.82) is 5.26 Å². The minimum absolute atomic E-state index is 0.166. The van der Waals surface area contributed by atoms with Crippen molar-refractivity contribution in [2.75, 3.05) is 10.6 Å². The van der Waals surface area contributed by atoms with Crippen LogP contribution in [0.15, 0.2) is 60.9 Å². The Morgan fingerprint density at radius 2 is 1.84 bits per heavy atom. The van der Waals surface area contributed by atoms with Crippen LogP contribution in [-0.4, -0.2) is 15.9 Å². The summed E-state index contributed by atoms with van der Waals surface area (Å²) in [4.78, 5) is 20.5. The predicted molar refractivity (Wildman–Crippen MR) is 95.9 cm³/mol. The van der Waals surface area contributed by atoms with E-state index in [0.29, 0.717) is 22.1 Å². The maximum Gasteiger partial charge on any atom is 0.275 e. The van der Waals surface area contributed by atoms with Crippen molar-refractivity contribution >= 4 is 34.7 Å². The fraction of sp³-hybridized carbons (Fsp3) is 0. The molecule has 0 bridgehead atoms. The Morgan fingerprint density at radius 3 is 2.56 bits per heavy atom. The van der Waals surface area contributed by atoms with Gasteiger partial charge in [0.25, 0.3) is 5.91 Å². The van der Waals surface area contributed by atoms with Gasteiger partial charge < -0.3 is 10.6 Å². The zero-order valence-electron chi connectivity index (χ0n) is 12.9. The van der Waals surface area contributed by atoms with Gasteiger partial charge in [0.05, 0.1) is 24.0 Å². The van der Waals surface area contributed by atoms with Crippen LogP contribution in [0.1, 0.15) is 16.1 Å². The number of nitriles is 1. The van der Waals surface area contributed by atoms with E-state index in [-0.39, 0.29) is 5.69 Å². The number of carbonyl (C=O) groups excluding carboxylic acids is 1. The summed E-state index contributed by atoms with van der Waals surface area (Å²) in [6, 6.07) is 15.8. The summed E-state index contributed by atoms with van der Waals surface area (Å²) in [5, 5.41) is 15.2. The van der Waals surface area contributed by atoms with Crippen LogP contribution < -0.4 is 10.6 Å². The smallest absolute Gasteiger partial charge is 0.275 e. The maximum atomic E-state index is 12.2. The highest BCUT2D eigenvalue weighted by molar-refractivity contribution is 6.30. The van der Waals surface area contributed by atoms with Crippen LogP contribution in [0, 0.1) is 11.3 Å². The molecule has 1 heterocycles. The van der Waals surface area contributed by atoms with Gasteiger partial charge in [0.1, 0.15) is 11.5 Å². The molecule has 0 saturated carbocycles. The molecule has 1 amide bonds. The predicted octanol–water partition coefficient (Wildman–Crippen LogP) is 4.00. The summed E-state index contributed by atoms with van der Waals surface area (Å²) in [6.45, 7) is 0. The Hall–Kier alpha value is -3.43. The van der Waals surface area contributed by atoms with Crippen LogP contribution in [0.3, 0.4) is 0 Å². The lowest BCUT2D eigenvalue weighted by atomic mass is 10.2. The Labute approximate surface area is 149 Å². The number of carbonyl (C=O) groups is 1. The van der Waals surface area contributed by atoms with E-state index in [1.165, 1.54) is 12.4 Å². The molecule has 0 aliphatic rings. The molecule has 0 unspecified atom stereocenters. The summed E-state index contributed by atoms with van der Waals surface area (Å²) in [7, 11) is 0. The number of rotatable bonds is 4. The first kappa shape index (κ1) is 16.4. The topological polar surface area (TPSA) is 90.7 Å². The Balaban J connectivity index is 1.69. The normalized spacial score (nSPS) is 9.92. The van der Waals surface area contributed by atoms with Gasteiger partial charge in [0, 0.05) is 16.4 Å². The Morgan fingerprint density at radius 1 is 1.04 bits per heavy atom. The molecule has 0 atom stereocenters. The molecule has 122 valence electrons. The number of hydrogen-bond donors (Lipinski definition) is 2. The fourth-order valence-corrected chi connectivity index (χ4v) is 2.28. The molecule has 1 aromatic heterocycles. The summed E-state index contributed by atoms with van der Waals surface area (Å²) in [6.07, 6.45) is 2.83.